The third kappa shape index (κ3) is 3.38. The number of benzene rings is 1. The van der Waals surface area contributed by atoms with Crippen LogP contribution in [0.4, 0.5) is 0 Å². The van der Waals surface area contributed by atoms with E-state index >= 15 is 0 Å². The first kappa shape index (κ1) is 20.4. The van der Waals surface area contributed by atoms with Crippen molar-refractivity contribution in [1.82, 2.24) is 14.9 Å². The number of aromatic nitrogens is 2. The van der Waals surface area contributed by atoms with Gasteiger partial charge >= 0.3 is 11.9 Å². The van der Waals surface area contributed by atoms with Crippen LogP contribution in [0.3, 0.4) is 0 Å². The predicted octanol–water partition coefficient (Wildman–Crippen LogP) is 3.58. The highest BCUT2D eigenvalue weighted by Crippen LogP contribution is 2.44. The second-order valence-electron chi connectivity index (χ2n) is 7.28. The number of pyridine rings is 1. The van der Waals surface area contributed by atoms with Crippen LogP contribution in [0.25, 0.3) is 16.8 Å². The van der Waals surface area contributed by atoms with Gasteiger partial charge < -0.3 is 14.8 Å². The summed E-state index contributed by atoms with van der Waals surface area (Å²) in [6.45, 7) is 3.59. The topological polar surface area (TPSA) is 81.9 Å². The fraction of sp³-hybridized carbons (Fsp3) is 0.208. The van der Waals surface area contributed by atoms with E-state index in [9.17, 15) is 9.59 Å². The first-order chi connectivity index (χ1) is 15.0. The predicted molar refractivity (Wildman–Crippen MR) is 116 cm³/mol. The van der Waals surface area contributed by atoms with Crippen molar-refractivity contribution in [3.05, 3.63) is 82.8 Å². The van der Waals surface area contributed by atoms with E-state index in [0.29, 0.717) is 28.2 Å². The van der Waals surface area contributed by atoms with Gasteiger partial charge in [0.05, 0.1) is 42.5 Å². The molecule has 2 aromatic heterocycles. The van der Waals surface area contributed by atoms with Crippen LogP contribution in [0.15, 0.2) is 77.3 Å². The number of ether oxygens (including phenoxy) is 2. The molecule has 0 saturated heterocycles. The van der Waals surface area contributed by atoms with Gasteiger partial charge in [0.15, 0.2) is 0 Å². The van der Waals surface area contributed by atoms with Gasteiger partial charge in [-0.05, 0) is 26.0 Å². The highest BCUT2D eigenvalue weighted by molar-refractivity contribution is 6.01. The number of fused-ring (bicyclic) bond motifs is 1. The SMILES string of the molecule is COC(=O)C1=C(C)NC(C)=C(C(=O)OC)C1c1c(-c2ccccc2)nn2ccccc12. The molecule has 1 aromatic carbocycles. The summed E-state index contributed by atoms with van der Waals surface area (Å²) >= 11 is 0. The van der Waals surface area contributed by atoms with Gasteiger partial charge in [-0.2, -0.15) is 5.10 Å². The van der Waals surface area contributed by atoms with Crippen LogP contribution in [0.5, 0.6) is 0 Å². The van der Waals surface area contributed by atoms with Crippen LogP contribution in [-0.2, 0) is 19.1 Å². The molecule has 1 aliphatic heterocycles. The molecule has 3 heterocycles. The molecule has 31 heavy (non-hydrogen) atoms. The van der Waals surface area contributed by atoms with Crippen LogP contribution in [-0.4, -0.2) is 35.8 Å². The van der Waals surface area contributed by atoms with Crippen LogP contribution >= 0.6 is 0 Å². The second kappa shape index (κ2) is 8.10. The third-order valence-corrected chi connectivity index (χ3v) is 5.48. The second-order valence-corrected chi connectivity index (χ2v) is 7.28. The van der Waals surface area contributed by atoms with Crippen molar-refractivity contribution in [2.45, 2.75) is 19.8 Å². The number of dihydropyridines is 1. The molecule has 0 fully saturated rings. The van der Waals surface area contributed by atoms with E-state index in [0.717, 1.165) is 16.6 Å². The maximum atomic E-state index is 12.9. The number of hydrogen-bond acceptors (Lipinski definition) is 6. The third-order valence-electron chi connectivity index (χ3n) is 5.48. The molecular weight excluding hydrogens is 394 g/mol. The maximum Gasteiger partial charge on any atom is 0.336 e. The molecule has 1 aliphatic rings. The number of methoxy groups -OCH3 is 2. The normalized spacial score (nSPS) is 14.6. The minimum atomic E-state index is -0.712. The molecule has 1 N–H and O–H groups in total. The molecule has 0 saturated carbocycles. The molecular formula is C24H23N3O4. The smallest absolute Gasteiger partial charge is 0.336 e. The molecule has 7 heteroatoms. The summed E-state index contributed by atoms with van der Waals surface area (Å²) in [5.41, 5.74) is 5.04. The van der Waals surface area contributed by atoms with E-state index in [1.165, 1.54) is 14.2 Å². The van der Waals surface area contributed by atoms with Crippen LogP contribution in [0.1, 0.15) is 25.3 Å². The summed E-state index contributed by atoms with van der Waals surface area (Å²) in [7, 11) is 2.66. The number of nitrogens with zero attached hydrogens (tertiary/aromatic N) is 2. The Morgan fingerprint density at radius 1 is 0.903 bits per heavy atom. The number of allylic oxidation sites excluding steroid dienone is 2. The number of hydrogen-bond donors (Lipinski definition) is 1. The fourth-order valence-corrected chi connectivity index (χ4v) is 4.16. The lowest BCUT2D eigenvalue weighted by Crippen LogP contribution is -2.32. The molecule has 0 spiro atoms. The molecule has 0 radical (unpaired) electrons. The molecule has 0 bridgehead atoms. The van der Waals surface area contributed by atoms with Gasteiger partial charge in [-0.3, -0.25) is 0 Å². The molecule has 0 amide bonds. The van der Waals surface area contributed by atoms with Crippen molar-refractivity contribution in [2.75, 3.05) is 14.2 Å². The summed E-state index contributed by atoms with van der Waals surface area (Å²) < 4.78 is 12.0. The molecule has 0 aliphatic carbocycles. The Labute approximate surface area is 180 Å². The summed E-state index contributed by atoms with van der Waals surface area (Å²) in [4.78, 5) is 25.8. The molecule has 4 rings (SSSR count). The zero-order valence-electron chi connectivity index (χ0n) is 17.8. The van der Waals surface area contributed by atoms with Crippen LogP contribution in [0, 0.1) is 0 Å². The molecule has 158 valence electrons. The molecule has 7 nitrogen and oxygen atoms in total. The number of esters is 2. The van der Waals surface area contributed by atoms with E-state index < -0.39 is 17.9 Å². The zero-order chi connectivity index (χ0) is 22.1. The quantitative estimate of drug-likeness (QED) is 0.654. The van der Waals surface area contributed by atoms with Gasteiger partial charge in [0.2, 0.25) is 0 Å². The van der Waals surface area contributed by atoms with Crippen molar-refractivity contribution in [3.63, 3.8) is 0 Å². The van der Waals surface area contributed by atoms with Gasteiger partial charge in [-0.15, -0.1) is 0 Å². The van der Waals surface area contributed by atoms with Crippen LogP contribution in [0.2, 0.25) is 0 Å². The number of nitrogens with one attached hydrogen (secondary N) is 1. The molecule has 0 unspecified atom stereocenters. The van der Waals surface area contributed by atoms with E-state index in [2.05, 4.69) is 5.32 Å². The Morgan fingerprint density at radius 3 is 2.06 bits per heavy atom. The number of rotatable bonds is 4. The van der Waals surface area contributed by atoms with Crippen molar-refractivity contribution >= 4 is 17.5 Å². The zero-order valence-corrected chi connectivity index (χ0v) is 17.8. The van der Waals surface area contributed by atoms with Crippen molar-refractivity contribution in [1.29, 1.82) is 0 Å². The average Bonchev–Trinajstić information content (AvgIpc) is 3.17. The molecule has 0 atom stereocenters. The first-order valence-electron chi connectivity index (χ1n) is 9.85. The molecule has 3 aromatic rings. The van der Waals surface area contributed by atoms with Gasteiger partial charge in [0, 0.05) is 28.7 Å². The minimum Gasteiger partial charge on any atom is -0.466 e. The van der Waals surface area contributed by atoms with Gasteiger partial charge in [-0.1, -0.05) is 36.4 Å². The van der Waals surface area contributed by atoms with Crippen molar-refractivity contribution in [2.24, 2.45) is 0 Å². The Hall–Kier alpha value is -3.87. The van der Waals surface area contributed by atoms with Gasteiger partial charge in [-0.25, -0.2) is 14.1 Å². The Kier molecular flexibility index (Phi) is 5.33. The van der Waals surface area contributed by atoms with Crippen molar-refractivity contribution < 1.29 is 19.1 Å². The van der Waals surface area contributed by atoms with E-state index in [1.54, 1.807) is 18.4 Å². The highest BCUT2D eigenvalue weighted by atomic mass is 16.5. The Balaban J connectivity index is 2.10. The van der Waals surface area contributed by atoms with E-state index in [1.807, 2.05) is 54.7 Å². The lowest BCUT2D eigenvalue weighted by Gasteiger charge is -2.30. The maximum absolute atomic E-state index is 12.9. The van der Waals surface area contributed by atoms with Crippen molar-refractivity contribution in [3.8, 4) is 11.3 Å². The minimum absolute atomic E-state index is 0.351. The summed E-state index contributed by atoms with van der Waals surface area (Å²) in [5.74, 6) is -1.74. The monoisotopic (exact) mass is 417 g/mol. The number of carbonyl (C=O) groups is 2. The first-order valence-corrected chi connectivity index (χ1v) is 9.85. The Bertz CT molecular complexity index is 1200. The largest absolute Gasteiger partial charge is 0.466 e. The lowest BCUT2D eigenvalue weighted by atomic mass is 9.79. The van der Waals surface area contributed by atoms with E-state index in [-0.39, 0.29) is 0 Å². The lowest BCUT2D eigenvalue weighted by molar-refractivity contribution is -0.137. The average molecular weight is 417 g/mol. The van der Waals surface area contributed by atoms with Gasteiger partial charge in [0.25, 0.3) is 0 Å². The fourth-order valence-electron chi connectivity index (χ4n) is 4.16. The summed E-state index contributed by atoms with van der Waals surface area (Å²) in [6.07, 6.45) is 1.84. The summed E-state index contributed by atoms with van der Waals surface area (Å²) in [5, 5.41) is 7.93. The Morgan fingerprint density at radius 2 is 1.48 bits per heavy atom. The van der Waals surface area contributed by atoms with E-state index in [4.69, 9.17) is 14.6 Å². The summed E-state index contributed by atoms with van der Waals surface area (Å²) in [6, 6.07) is 15.4. The highest BCUT2D eigenvalue weighted by Gasteiger charge is 2.40. The standard InChI is InChI=1S/C24H23N3O4/c1-14-18(23(28)30-3)21(19(15(2)25-14)24(29)31-4)20-17-12-8-9-13-27(17)26-22(20)16-10-6-5-7-11-16/h5-13,21,25H,1-4H3. The van der Waals surface area contributed by atoms with Gasteiger partial charge in [0.1, 0.15) is 0 Å². The van der Waals surface area contributed by atoms with Crippen LogP contribution < -0.4 is 5.32 Å². The number of carbonyl (C=O) groups excluding carboxylic acids is 2.